The molecule has 0 bridgehead atoms. The first-order valence-corrected chi connectivity index (χ1v) is 9.99. The van der Waals surface area contributed by atoms with Gasteiger partial charge in [0.1, 0.15) is 13.2 Å². The maximum absolute atomic E-state index is 12.5. The molecule has 5 heteroatoms. The van der Waals surface area contributed by atoms with Gasteiger partial charge in [-0.2, -0.15) is 0 Å². The predicted molar refractivity (Wildman–Crippen MR) is 121 cm³/mol. The minimum absolute atomic E-state index is 0.0231. The molecule has 31 heavy (non-hydrogen) atoms. The minimum Gasteiger partial charge on any atom is -0.448 e. The van der Waals surface area contributed by atoms with E-state index in [1.165, 1.54) is 23.1 Å². The monoisotopic (exact) mass is 410 g/mol. The first-order valence-electron chi connectivity index (χ1n) is 9.99. The first-order chi connectivity index (χ1) is 15.1. The van der Waals surface area contributed by atoms with E-state index in [4.69, 9.17) is 11.2 Å². The molecule has 3 aromatic rings. The number of fused-ring (bicyclic) bond motifs is 3. The summed E-state index contributed by atoms with van der Waals surface area (Å²) >= 11 is 0. The molecule has 4 rings (SSSR count). The van der Waals surface area contributed by atoms with E-state index in [2.05, 4.69) is 35.5 Å². The Morgan fingerprint density at radius 3 is 2.29 bits per heavy atom. The second kappa shape index (κ2) is 8.76. The second-order valence-corrected chi connectivity index (χ2v) is 7.43. The molecule has 0 aliphatic heterocycles. The van der Waals surface area contributed by atoms with Crippen LogP contribution in [0.2, 0.25) is 0 Å². The summed E-state index contributed by atoms with van der Waals surface area (Å²) in [4.78, 5) is 26.1. The van der Waals surface area contributed by atoms with Crippen LogP contribution in [0.3, 0.4) is 0 Å². The van der Waals surface area contributed by atoms with Crippen molar-refractivity contribution in [2.75, 3.05) is 25.5 Å². The molecule has 1 N–H and O–H groups in total. The Kier molecular flexibility index (Phi) is 5.72. The maximum Gasteiger partial charge on any atom is 0.409 e. The van der Waals surface area contributed by atoms with Crippen molar-refractivity contribution in [2.24, 2.45) is 0 Å². The van der Waals surface area contributed by atoms with E-state index in [1.54, 1.807) is 24.3 Å². The van der Waals surface area contributed by atoms with E-state index in [0.29, 0.717) is 11.3 Å². The number of ether oxygens (including phenoxy) is 1. The highest BCUT2D eigenvalue weighted by atomic mass is 16.6. The van der Waals surface area contributed by atoms with Crippen LogP contribution in [-0.4, -0.2) is 37.1 Å². The number of likely N-dealkylation sites (N-methyl/N-ethyl adjacent to an activating group) is 1. The zero-order chi connectivity index (χ0) is 21.8. The molecule has 0 unspecified atom stereocenters. The van der Waals surface area contributed by atoms with Crippen LogP contribution in [0, 0.1) is 12.3 Å². The fraction of sp³-hybridized carbons (Fsp3) is 0.154. The van der Waals surface area contributed by atoms with E-state index in [9.17, 15) is 9.59 Å². The largest absolute Gasteiger partial charge is 0.448 e. The van der Waals surface area contributed by atoms with Gasteiger partial charge >= 0.3 is 6.09 Å². The van der Waals surface area contributed by atoms with Gasteiger partial charge in [0.05, 0.1) is 0 Å². The highest BCUT2D eigenvalue weighted by molar-refractivity contribution is 5.94. The Hall–Kier alpha value is -4.04. The number of nitrogens with zero attached hydrogens (tertiary/aromatic N) is 1. The van der Waals surface area contributed by atoms with Gasteiger partial charge in [0.2, 0.25) is 5.91 Å². The van der Waals surface area contributed by atoms with Crippen molar-refractivity contribution in [1.82, 2.24) is 4.90 Å². The summed E-state index contributed by atoms with van der Waals surface area (Å²) in [5.74, 6) is 2.17. The summed E-state index contributed by atoms with van der Waals surface area (Å²) in [5.41, 5.74) is 5.88. The molecule has 0 heterocycles. The topological polar surface area (TPSA) is 58.6 Å². The standard InChI is InChI=1S/C26H22N2O3/c1-3-18-9-8-10-19(15-18)27-25(29)16-28(2)26(30)31-17-24-22-13-6-4-11-20(22)21-12-5-7-14-23(21)24/h1,4-15,24H,16-17H2,2H3,(H,27,29). The molecule has 0 radical (unpaired) electrons. The van der Waals surface area contributed by atoms with Crippen molar-refractivity contribution in [2.45, 2.75) is 5.92 Å². The molecule has 2 amide bonds. The fourth-order valence-electron chi connectivity index (χ4n) is 3.87. The number of terminal acetylenes is 1. The van der Waals surface area contributed by atoms with Gasteiger partial charge in [0.25, 0.3) is 0 Å². The predicted octanol–water partition coefficient (Wildman–Crippen LogP) is 4.49. The Bertz CT molecular complexity index is 1130. The summed E-state index contributed by atoms with van der Waals surface area (Å²) in [6.45, 7) is 0.0833. The molecule has 1 aliphatic carbocycles. The summed E-state index contributed by atoms with van der Waals surface area (Å²) < 4.78 is 5.57. The Balaban J connectivity index is 1.36. The molecule has 0 saturated carbocycles. The smallest absolute Gasteiger partial charge is 0.409 e. The number of hydrogen-bond donors (Lipinski definition) is 1. The number of anilines is 1. The quantitative estimate of drug-likeness (QED) is 0.631. The molecule has 5 nitrogen and oxygen atoms in total. The molecule has 0 saturated heterocycles. The number of carbonyl (C=O) groups excluding carboxylic acids is 2. The second-order valence-electron chi connectivity index (χ2n) is 7.43. The van der Waals surface area contributed by atoms with Crippen molar-refractivity contribution in [1.29, 1.82) is 0 Å². The third kappa shape index (κ3) is 4.29. The van der Waals surface area contributed by atoms with Gasteiger partial charge in [-0.1, -0.05) is 60.5 Å². The van der Waals surface area contributed by atoms with Crippen molar-refractivity contribution < 1.29 is 14.3 Å². The molecule has 1 aliphatic rings. The van der Waals surface area contributed by atoms with Gasteiger partial charge in [-0.05, 0) is 40.5 Å². The van der Waals surface area contributed by atoms with Crippen LogP contribution in [0.5, 0.6) is 0 Å². The average Bonchev–Trinajstić information content (AvgIpc) is 3.11. The van der Waals surface area contributed by atoms with Crippen LogP contribution in [0.15, 0.2) is 72.8 Å². The molecular formula is C26H22N2O3. The molecule has 3 aromatic carbocycles. The summed E-state index contributed by atoms with van der Waals surface area (Å²) in [6.07, 6.45) is 4.84. The highest BCUT2D eigenvalue weighted by Crippen LogP contribution is 2.44. The lowest BCUT2D eigenvalue weighted by atomic mass is 9.98. The molecule has 0 aromatic heterocycles. The number of hydrogen-bond acceptors (Lipinski definition) is 3. The third-order valence-corrected chi connectivity index (χ3v) is 5.34. The van der Waals surface area contributed by atoms with Gasteiger partial charge in [0.15, 0.2) is 0 Å². The fourth-order valence-corrected chi connectivity index (χ4v) is 3.87. The van der Waals surface area contributed by atoms with Crippen molar-refractivity contribution >= 4 is 17.7 Å². The zero-order valence-electron chi connectivity index (χ0n) is 17.2. The van der Waals surface area contributed by atoms with Gasteiger partial charge < -0.3 is 15.0 Å². The molecule has 154 valence electrons. The van der Waals surface area contributed by atoms with Crippen molar-refractivity contribution in [3.8, 4) is 23.5 Å². The summed E-state index contributed by atoms with van der Waals surface area (Å²) in [5, 5.41) is 2.74. The number of carbonyl (C=O) groups is 2. The maximum atomic E-state index is 12.5. The molecule has 0 fully saturated rings. The summed E-state index contributed by atoms with van der Waals surface area (Å²) in [6, 6.07) is 23.3. The lowest BCUT2D eigenvalue weighted by Gasteiger charge is -2.19. The molecule has 0 spiro atoms. The van der Waals surface area contributed by atoms with E-state index >= 15 is 0 Å². The number of nitrogens with one attached hydrogen (secondary N) is 1. The van der Waals surface area contributed by atoms with Crippen LogP contribution >= 0.6 is 0 Å². The summed E-state index contributed by atoms with van der Waals surface area (Å²) in [7, 11) is 1.54. The Labute approximate surface area is 181 Å². The molecular weight excluding hydrogens is 388 g/mol. The van der Waals surface area contributed by atoms with Crippen LogP contribution in [0.4, 0.5) is 10.5 Å². The number of amides is 2. The van der Waals surface area contributed by atoms with E-state index in [1.807, 2.05) is 24.3 Å². The van der Waals surface area contributed by atoms with E-state index in [-0.39, 0.29) is 25.0 Å². The van der Waals surface area contributed by atoms with Crippen molar-refractivity contribution in [3.05, 3.63) is 89.5 Å². The number of benzene rings is 3. The first kappa shape index (κ1) is 20.2. The average molecular weight is 410 g/mol. The van der Waals surface area contributed by atoms with Gasteiger partial charge in [-0.25, -0.2) is 4.79 Å². The Morgan fingerprint density at radius 1 is 1.00 bits per heavy atom. The lowest BCUT2D eigenvalue weighted by molar-refractivity contribution is -0.116. The normalized spacial score (nSPS) is 11.7. The van der Waals surface area contributed by atoms with Gasteiger partial charge in [-0.15, -0.1) is 6.42 Å². The third-order valence-electron chi connectivity index (χ3n) is 5.34. The highest BCUT2D eigenvalue weighted by Gasteiger charge is 2.29. The lowest BCUT2D eigenvalue weighted by Crippen LogP contribution is -2.35. The Morgan fingerprint density at radius 2 is 1.65 bits per heavy atom. The number of rotatable bonds is 5. The minimum atomic E-state index is -0.547. The molecule has 0 atom stereocenters. The van der Waals surface area contributed by atoms with E-state index < -0.39 is 6.09 Å². The van der Waals surface area contributed by atoms with Crippen LogP contribution in [0.1, 0.15) is 22.6 Å². The SMILES string of the molecule is C#Cc1cccc(NC(=O)CN(C)C(=O)OCC2c3ccccc3-c3ccccc32)c1. The van der Waals surface area contributed by atoms with Gasteiger partial charge in [0, 0.05) is 24.2 Å². The van der Waals surface area contributed by atoms with Crippen LogP contribution in [-0.2, 0) is 9.53 Å². The van der Waals surface area contributed by atoms with Crippen molar-refractivity contribution in [3.63, 3.8) is 0 Å². The van der Waals surface area contributed by atoms with Gasteiger partial charge in [-0.3, -0.25) is 4.79 Å². The van der Waals surface area contributed by atoms with Crippen LogP contribution < -0.4 is 5.32 Å². The van der Waals surface area contributed by atoms with Crippen LogP contribution in [0.25, 0.3) is 11.1 Å². The zero-order valence-corrected chi connectivity index (χ0v) is 17.2. The van der Waals surface area contributed by atoms with E-state index in [0.717, 1.165) is 11.1 Å².